The lowest BCUT2D eigenvalue weighted by atomic mass is 9.94. The van der Waals surface area contributed by atoms with Gasteiger partial charge in [0.15, 0.2) is 0 Å². The van der Waals surface area contributed by atoms with Gasteiger partial charge in [0.2, 0.25) is 0 Å². The number of esters is 1. The maximum absolute atomic E-state index is 11.5. The third kappa shape index (κ3) is 3.89. The van der Waals surface area contributed by atoms with Gasteiger partial charge in [0.25, 0.3) is 0 Å². The molecule has 0 fully saturated rings. The van der Waals surface area contributed by atoms with E-state index in [9.17, 15) is 4.79 Å². The average Bonchev–Trinajstić information content (AvgIpc) is 2.75. The molecule has 0 bridgehead atoms. The van der Waals surface area contributed by atoms with E-state index in [0.29, 0.717) is 6.54 Å². The van der Waals surface area contributed by atoms with Crippen LogP contribution in [0.2, 0.25) is 0 Å². The highest BCUT2D eigenvalue weighted by molar-refractivity contribution is 5.76. The van der Waals surface area contributed by atoms with Crippen LogP contribution in [-0.4, -0.2) is 24.2 Å². The lowest BCUT2D eigenvalue weighted by Crippen LogP contribution is -2.36. The summed E-state index contributed by atoms with van der Waals surface area (Å²) in [7, 11) is 1.42. The van der Waals surface area contributed by atoms with Crippen LogP contribution in [0.5, 0.6) is 0 Å². The first-order valence-corrected chi connectivity index (χ1v) is 5.93. The molecule has 1 aromatic rings. The maximum Gasteiger partial charge on any atom is 0.312 e. The third-order valence-corrected chi connectivity index (χ3v) is 2.81. The smallest absolute Gasteiger partial charge is 0.312 e. The fourth-order valence-electron chi connectivity index (χ4n) is 1.66. The molecule has 96 valence electrons. The zero-order valence-corrected chi connectivity index (χ0v) is 11.1. The predicted molar refractivity (Wildman–Crippen MR) is 67.6 cm³/mol. The van der Waals surface area contributed by atoms with Crippen LogP contribution in [0.15, 0.2) is 18.5 Å². The Balaban J connectivity index is 2.39. The van der Waals surface area contributed by atoms with Crippen LogP contribution in [0.3, 0.4) is 0 Å². The number of carbonyl (C=O) groups is 1. The molecule has 0 unspecified atom stereocenters. The van der Waals surface area contributed by atoms with Crippen molar-refractivity contribution in [3.8, 4) is 0 Å². The van der Waals surface area contributed by atoms with Crippen LogP contribution in [0, 0.1) is 5.41 Å². The molecule has 17 heavy (non-hydrogen) atoms. The number of ether oxygens (including phenoxy) is 1. The van der Waals surface area contributed by atoms with Gasteiger partial charge in [-0.1, -0.05) is 0 Å². The highest BCUT2D eigenvalue weighted by Gasteiger charge is 2.27. The normalized spacial score (nSPS) is 11.5. The van der Waals surface area contributed by atoms with E-state index < -0.39 is 5.41 Å². The van der Waals surface area contributed by atoms with Gasteiger partial charge in [0.05, 0.1) is 12.5 Å². The van der Waals surface area contributed by atoms with Crippen LogP contribution in [0.25, 0.3) is 0 Å². The number of nitrogens with one attached hydrogen (secondary N) is 1. The number of aryl methyl sites for hydroxylation is 1. The number of methoxy groups -OCH3 is 1. The molecule has 0 saturated heterocycles. The quantitative estimate of drug-likeness (QED) is 0.768. The molecule has 0 spiro atoms. The zero-order chi connectivity index (χ0) is 12.9. The molecule has 4 heteroatoms. The molecule has 1 rings (SSSR count). The predicted octanol–water partition coefficient (Wildman–Crippen LogP) is 1.80. The van der Waals surface area contributed by atoms with Crippen LogP contribution < -0.4 is 5.32 Å². The molecular formula is C13H22N2O2. The first-order chi connectivity index (χ1) is 7.99. The summed E-state index contributed by atoms with van der Waals surface area (Å²) in [6, 6.07) is 2.08. The van der Waals surface area contributed by atoms with Gasteiger partial charge >= 0.3 is 5.97 Å². The van der Waals surface area contributed by atoms with Crippen molar-refractivity contribution in [2.24, 2.45) is 5.41 Å². The van der Waals surface area contributed by atoms with Crippen LogP contribution >= 0.6 is 0 Å². The molecule has 0 aliphatic rings. The highest BCUT2D eigenvalue weighted by Crippen LogP contribution is 2.15. The van der Waals surface area contributed by atoms with Crippen molar-refractivity contribution >= 4 is 5.97 Å². The van der Waals surface area contributed by atoms with Crippen LogP contribution in [0.1, 0.15) is 26.3 Å². The summed E-state index contributed by atoms with van der Waals surface area (Å²) in [6.07, 6.45) is 4.17. The van der Waals surface area contributed by atoms with Crippen molar-refractivity contribution in [2.75, 3.05) is 13.7 Å². The van der Waals surface area contributed by atoms with Gasteiger partial charge in [-0.15, -0.1) is 0 Å². The number of hydrogen-bond donors (Lipinski definition) is 1. The van der Waals surface area contributed by atoms with E-state index in [1.807, 2.05) is 13.8 Å². The second-order valence-electron chi connectivity index (χ2n) is 4.83. The Bertz CT molecular complexity index is 369. The van der Waals surface area contributed by atoms with Crippen molar-refractivity contribution in [1.29, 1.82) is 0 Å². The standard InChI is InChI=1S/C13H22N2O2/c1-5-15-7-6-11(9-15)8-14-10-13(2,3)12(16)17-4/h6-7,9,14H,5,8,10H2,1-4H3. The first kappa shape index (κ1) is 13.8. The summed E-state index contributed by atoms with van der Waals surface area (Å²) in [4.78, 5) is 11.5. The summed E-state index contributed by atoms with van der Waals surface area (Å²) in [5.41, 5.74) is 0.745. The van der Waals surface area contributed by atoms with Crippen LogP contribution in [0.4, 0.5) is 0 Å². The summed E-state index contributed by atoms with van der Waals surface area (Å²) in [6.45, 7) is 8.22. The molecule has 1 heterocycles. The van der Waals surface area contributed by atoms with Gasteiger partial charge in [-0.2, -0.15) is 0 Å². The summed E-state index contributed by atoms with van der Waals surface area (Å²) in [5.74, 6) is -0.184. The molecule has 0 aromatic carbocycles. The number of hydrogen-bond acceptors (Lipinski definition) is 3. The van der Waals surface area contributed by atoms with Crippen molar-refractivity contribution in [1.82, 2.24) is 9.88 Å². The molecular weight excluding hydrogens is 216 g/mol. The molecule has 0 aliphatic heterocycles. The average molecular weight is 238 g/mol. The van der Waals surface area contributed by atoms with E-state index in [2.05, 4.69) is 35.3 Å². The van der Waals surface area contributed by atoms with Crippen molar-refractivity contribution in [3.63, 3.8) is 0 Å². The Morgan fingerprint density at radius 3 is 2.76 bits per heavy atom. The van der Waals surface area contributed by atoms with Gasteiger partial charge in [0, 0.05) is 32.0 Å². The summed E-state index contributed by atoms with van der Waals surface area (Å²) in [5, 5.41) is 3.28. The Morgan fingerprint density at radius 2 is 2.24 bits per heavy atom. The lowest BCUT2D eigenvalue weighted by Gasteiger charge is -2.21. The molecule has 0 aliphatic carbocycles. The highest BCUT2D eigenvalue weighted by atomic mass is 16.5. The molecule has 0 amide bonds. The van der Waals surface area contributed by atoms with E-state index in [0.717, 1.165) is 13.1 Å². The fraction of sp³-hybridized carbons (Fsp3) is 0.615. The van der Waals surface area contributed by atoms with Crippen molar-refractivity contribution in [3.05, 3.63) is 24.0 Å². The Hall–Kier alpha value is -1.29. The van der Waals surface area contributed by atoms with Crippen molar-refractivity contribution < 1.29 is 9.53 Å². The molecule has 0 atom stereocenters. The second kappa shape index (κ2) is 5.87. The van der Waals surface area contributed by atoms with Gasteiger partial charge in [-0.25, -0.2) is 0 Å². The minimum absolute atomic E-state index is 0.184. The third-order valence-electron chi connectivity index (χ3n) is 2.81. The van der Waals surface area contributed by atoms with Crippen LogP contribution in [-0.2, 0) is 22.6 Å². The second-order valence-corrected chi connectivity index (χ2v) is 4.83. The SMILES string of the molecule is CCn1ccc(CNCC(C)(C)C(=O)OC)c1. The number of rotatable bonds is 6. The van der Waals surface area contributed by atoms with E-state index in [-0.39, 0.29) is 5.97 Å². The fourth-order valence-corrected chi connectivity index (χ4v) is 1.66. The molecule has 1 N–H and O–H groups in total. The zero-order valence-electron chi connectivity index (χ0n) is 11.1. The number of carbonyl (C=O) groups excluding carboxylic acids is 1. The Morgan fingerprint density at radius 1 is 1.53 bits per heavy atom. The minimum atomic E-state index is -0.484. The van der Waals surface area contributed by atoms with Crippen molar-refractivity contribution in [2.45, 2.75) is 33.9 Å². The van der Waals surface area contributed by atoms with Gasteiger partial charge in [0.1, 0.15) is 0 Å². The van der Waals surface area contributed by atoms with E-state index in [4.69, 9.17) is 4.74 Å². The largest absolute Gasteiger partial charge is 0.469 e. The van der Waals surface area contributed by atoms with E-state index in [1.54, 1.807) is 0 Å². The first-order valence-electron chi connectivity index (χ1n) is 5.93. The van der Waals surface area contributed by atoms with Gasteiger partial charge in [-0.3, -0.25) is 4.79 Å². The molecule has 0 radical (unpaired) electrons. The topological polar surface area (TPSA) is 43.3 Å². The maximum atomic E-state index is 11.5. The minimum Gasteiger partial charge on any atom is -0.469 e. The lowest BCUT2D eigenvalue weighted by molar-refractivity contribution is -0.150. The molecule has 0 saturated carbocycles. The molecule has 4 nitrogen and oxygen atoms in total. The summed E-state index contributed by atoms with van der Waals surface area (Å²) < 4.78 is 6.88. The molecule has 1 aromatic heterocycles. The summed E-state index contributed by atoms with van der Waals surface area (Å²) >= 11 is 0. The number of aromatic nitrogens is 1. The van der Waals surface area contributed by atoms with Gasteiger partial charge < -0.3 is 14.6 Å². The monoisotopic (exact) mass is 238 g/mol. The Kier molecular flexibility index (Phi) is 4.75. The van der Waals surface area contributed by atoms with Gasteiger partial charge in [-0.05, 0) is 32.4 Å². The number of nitrogens with zero attached hydrogens (tertiary/aromatic N) is 1. The van der Waals surface area contributed by atoms with E-state index in [1.165, 1.54) is 12.7 Å². The Labute approximate surface area is 103 Å². The van der Waals surface area contributed by atoms with E-state index >= 15 is 0 Å².